The lowest BCUT2D eigenvalue weighted by Crippen LogP contribution is -2.58. The van der Waals surface area contributed by atoms with Crippen molar-refractivity contribution in [1.29, 1.82) is 0 Å². The van der Waals surface area contributed by atoms with E-state index >= 15 is 0 Å². The van der Waals surface area contributed by atoms with E-state index in [9.17, 15) is 0 Å². The van der Waals surface area contributed by atoms with Gasteiger partial charge in [0.15, 0.2) is 16.6 Å². The largest absolute Gasteiger partial charge is 0.658 e. The molecule has 0 bridgehead atoms. The summed E-state index contributed by atoms with van der Waals surface area (Å²) in [7, 11) is -4.79. The van der Waals surface area contributed by atoms with Crippen molar-refractivity contribution in [2.75, 3.05) is 13.7 Å². The van der Waals surface area contributed by atoms with Crippen molar-refractivity contribution < 1.29 is 17.1 Å². The predicted molar refractivity (Wildman–Crippen MR) is 73.3 cm³/mol. The predicted octanol–water partition coefficient (Wildman–Crippen LogP) is 2.81. The molecule has 0 N–H and O–H groups in total. The van der Waals surface area contributed by atoms with Gasteiger partial charge in [0.05, 0.1) is 0 Å². The van der Waals surface area contributed by atoms with Gasteiger partial charge >= 0.3 is 9.05 Å². The molecule has 0 aromatic heterocycles. The first-order chi connectivity index (χ1) is 7.04. The van der Waals surface area contributed by atoms with E-state index in [1.165, 1.54) is 0 Å². The molecule has 0 saturated carbocycles. The van der Waals surface area contributed by atoms with Gasteiger partial charge in [0.25, 0.3) is 0 Å². The van der Waals surface area contributed by atoms with Gasteiger partial charge in [-0.05, 0) is 46.2 Å². The van der Waals surface area contributed by atoms with Crippen LogP contribution in [0.1, 0.15) is 6.92 Å². The van der Waals surface area contributed by atoms with Crippen LogP contribution >= 0.6 is 0 Å². The zero-order valence-corrected chi connectivity index (χ0v) is 14.8. The maximum absolute atomic E-state index is 6.04. The minimum absolute atomic E-state index is 0.551. The number of hydrogen-bond acceptors (Lipinski definition) is 4. The molecule has 0 saturated heterocycles. The van der Waals surface area contributed by atoms with Crippen molar-refractivity contribution in [3.05, 3.63) is 0 Å². The quantitative estimate of drug-likeness (QED) is 0.673. The smallest absolute Gasteiger partial charge is 0.395 e. The number of rotatable bonds is 7. The molecule has 0 aliphatic rings. The molecular weight excluding hydrogens is 256 g/mol. The minimum Gasteiger partial charge on any atom is -0.395 e. The van der Waals surface area contributed by atoms with E-state index in [2.05, 4.69) is 39.3 Å². The Morgan fingerprint density at radius 3 is 1.38 bits per heavy atom. The van der Waals surface area contributed by atoms with Crippen molar-refractivity contribution >= 4 is 25.7 Å². The summed E-state index contributed by atoms with van der Waals surface area (Å²) in [5.74, 6) is 0. The average Bonchev–Trinajstić information content (AvgIpc) is 1.98. The Labute approximate surface area is 103 Å². The molecule has 0 spiro atoms. The third kappa shape index (κ3) is 6.94. The first kappa shape index (κ1) is 16.5. The van der Waals surface area contributed by atoms with Crippen LogP contribution in [0.2, 0.25) is 39.3 Å². The highest BCUT2D eigenvalue weighted by molar-refractivity contribution is 6.83. The van der Waals surface area contributed by atoms with E-state index in [4.69, 9.17) is 17.1 Å². The van der Waals surface area contributed by atoms with Crippen LogP contribution in [0.4, 0.5) is 0 Å². The maximum atomic E-state index is 6.04. The van der Waals surface area contributed by atoms with Crippen molar-refractivity contribution in [1.82, 2.24) is 0 Å². The minimum atomic E-state index is -2.92. The summed E-state index contributed by atoms with van der Waals surface area (Å²) >= 11 is 0. The van der Waals surface area contributed by atoms with Crippen LogP contribution in [0.3, 0.4) is 0 Å². The lowest BCUT2D eigenvalue weighted by Gasteiger charge is -2.36. The topological polar surface area (TPSA) is 36.9 Å². The summed E-state index contributed by atoms with van der Waals surface area (Å²) < 4.78 is 23.2. The first-order valence-corrected chi connectivity index (χ1v) is 14.1. The summed E-state index contributed by atoms with van der Waals surface area (Å²) in [6.45, 7) is 15.2. The molecule has 0 atom stereocenters. The molecule has 0 radical (unpaired) electrons. The Kier molecular flexibility index (Phi) is 6.08. The SMILES string of the molecule is CCO[Si](OC)(O[Si](C)(C)C)O[Si](C)(C)C. The zero-order chi connectivity index (χ0) is 13.0. The van der Waals surface area contributed by atoms with Gasteiger partial charge in [-0.25, -0.2) is 0 Å². The van der Waals surface area contributed by atoms with Crippen LogP contribution in [-0.4, -0.2) is 39.4 Å². The van der Waals surface area contributed by atoms with Gasteiger partial charge in [-0.2, -0.15) is 0 Å². The summed E-state index contributed by atoms with van der Waals surface area (Å²) in [5, 5.41) is 0. The van der Waals surface area contributed by atoms with Gasteiger partial charge in [-0.15, -0.1) is 0 Å². The molecule has 0 aromatic rings. The van der Waals surface area contributed by atoms with Gasteiger partial charge in [0, 0.05) is 13.7 Å². The summed E-state index contributed by atoms with van der Waals surface area (Å²) in [5.41, 5.74) is 0. The molecular formula is C9H26O4Si3. The Hall–Kier alpha value is 0.491. The fraction of sp³-hybridized carbons (Fsp3) is 1.00. The standard InChI is InChI=1S/C9H26O4Si3/c1-9-11-16(10-2,12-14(3,4)5)13-15(6,7)8/h9H2,1-8H3. The fourth-order valence-corrected chi connectivity index (χ4v) is 9.30. The highest BCUT2D eigenvalue weighted by Crippen LogP contribution is 2.22. The van der Waals surface area contributed by atoms with Crippen molar-refractivity contribution in [2.24, 2.45) is 0 Å². The second-order valence-electron chi connectivity index (χ2n) is 5.57. The molecule has 0 aliphatic heterocycles. The van der Waals surface area contributed by atoms with E-state index in [-0.39, 0.29) is 0 Å². The average molecular weight is 283 g/mol. The molecule has 16 heavy (non-hydrogen) atoms. The van der Waals surface area contributed by atoms with Crippen LogP contribution in [0.5, 0.6) is 0 Å². The molecule has 0 aromatic carbocycles. The van der Waals surface area contributed by atoms with Crippen LogP contribution in [0, 0.1) is 0 Å². The second kappa shape index (κ2) is 5.89. The molecule has 98 valence electrons. The zero-order valence-electron chi connectivity index (χ0n) is 11.8. The summed E-state index contributed by atoms with van der Waals surface area (Å²) in [4.78, 5) is 0. The van der Waals surface area contributed by atoms with Crippen molar-refractivity contribution in [3.8, 4) is 0 Å². The Bertz CT molecular complexity index is 194. The highest BCUT2D eigenvalue weighted by atomic mass is 28.5. The second-order valence-corrected chi connectivity index (χ2v) is 17.3. The van der Waals surface area contributed by atoms with Crippen LogP contribution in [0.15, 0.2) is 0 Å². The third-order valence-electron chi connectivity index (χ3n) is 1.43. The fourth-order valence-electron chi connectivity index (χ4n) is 1.15. The Morgan fingerprint density at radius 2 is 1.19 bits per heavy atom. The van der Waals surface area contributed by atoms with Gasteiger partial charge in [-0.1, -0.05) is 0 Å². The summed E-state index contributed by atoms with van der Waals surface area (Å²) in [6, 6.07) is 0. The van der Waals surface area contributed by atoms with Gasteiger partial charge in [0.1, 0.15) is 0 Å². The van der Waals surface area contributed by atoms with Crippen molar-refractivity contribution in [3.63, 3.8) is 0 Å². The van der Waals surface area contributed by atoms with Crippen LogP contribution in [0.25, 0.3) is 0 Å². The van der Waals surface area contributed by atoms with E-state index in [1.807, 2.05) is 6.92 Å². The first-order valence-electron chi connectivity index (χ1n) is 5.63. The molecule has 0 fully saturated rings. The van der Waals surface area contributed by atoms with Crippen molar-refractivity contribution in [2.45, 2.75) is 46.2 Å². The maximum Gasteiger partial charge on any atom is 0.658 e. The van der Waals surface area contributed by atoms with Gasteiger partial charge in [0.2, 0.25) is 0 Å². The van der Waals surface area contributed by atoms with E-state index in [0.29, 0.717) is 6.61 Å². The molecule has 0 unspecified atom stereocenters. The Morgan fingerprint density at radius 1 is 0.812 bits per heavy atom. The number of hydrogen-bond donors (Lipinski definition) is 0. The molecule has 0 rings (SSSR count). The van der Waals surface area contributed by atoms with Crippen LogP contribution in [-0.2, 0) is 17.1 Å². The van der Waals surface area contributed by atoms with Crippen LogP contribution < -0.4 is 0 Å². The lowest BCUT2D eigenvalue weighted by atomic mass is 10.9. The molecule has 4 nitrogen and oxygen atoms in total. The van der Waals surface area contributed by atoms with E-state index in [1.54, 1.807) is 7.11 Å². The molecule has 0 heterocycles. The monoisotopic (exact) mass is 282 g/mol. The molecule has 0 amide bonds. The Balaban J connectivity index is 4.85. The summed E-state index contributed by atoms with van der Waals surface area (Å²) in [6.07, 6.45) is 0. The van der Waals surface area contributed by atoms with Gasteiger partial charge < -0.3 is 17.1 Å². The van der Waals surface area contributed by atoms with E-state index < -0.39 is 25.7 Å². The van der Waals surface area contributed by atoms with E-state index in [0.717, 1.165) is 0 Å². The van der Waals surface area contributed by atoms with Gasteiger partial charge in [-0.3, -0.25) is 0 Å². The lowest BCUT2D eigenvalue weighted by molar-refractivity contribution is 0.0599. The normalized spacial score (nSPS) is 14.2. The highest BCUT2D eigenvalue weighted by Gasteiger charge is 2.50. The third-order valence-corrected chi connectivity index (χ3v) is 9.47. The molecule has 0 aliphatic carbocycles. The molecule has 7 heteroatoms.